The van der Waals surface area contributed by atoms with E-state index in [1.54, 1.807) is 11.1 Å². The van der Waals surface area contributed by atoms with Crippen LogP contribution >= 0.6 is 11.3 Å². The van der Waals surface area contributed by atoms with E-state index in [-0.39, 0.29) is 0 Å². The van der Waals surface area contributed by atoms with E-state index in [0.717, 1.165) is 13.1 Å². The lowest BCUT2D eigenvalue weighted by Gasteiger charge is -2.41. The Morgan fingerprint density at radius 2 is 2.29 bits per heavy atom. The predicted molar refractivity (Wildman–Crippen MR) is 72.7 cm³/mol. The third-order valence-corrected chi connectivity index (χ3v) is 4.98. The van der Waals surface area contributed by atoms with Crippen molar-refractivity contribution in [2.24, 2.45) is 0 Å². The molecule has 1 aromatic heterocycles. The number of nitrogens with zero attached hydrogens (tertiary/aromatic N) is 1. The summed E-state index contributed by atoms with van der Waals surface area (Å²) in [5.74, 6) is 0. The van der Waals surface area contributed by atoms with E-state index in [9.17, 15) is 0 Å². The molecule has 1 aromatic carbocycles. The number of hydrogen-bond acceptors (Lipinski definition) is 3. The molecule has 1 N–H and O–H groups in total. The van der Waals surface area contributed by atoms with Crippen LogP contribution < -0.4 is 5.32 Å². The summed E-state index contributed by atoms with van der Waals surface area (Å²) in [6.45, 7) is 4.69. The Hall–Kier alpha value is -0.900. The first-order chi connectivity index (χ1) is 8.42. The fraction of sp³-hybridized carbons (Fsp3) is 0.429. The maximum atomic E-state index is 3.53. The largest absolute Gasteiger partial charge is 0.314 e. The molecule has 1 fully saturated rings. The van der Waals surface area contributed by atoms with E-state index in [0.29, 0.717) is 6.04 Å². The molecule has 1 atom stereocenters. The van der Waals surface area contributed by atoms with Crippen LogP contribution in [0.3, 0.4) is 0 Å². The minimum absolute atomic E-state index is 0.608. The minimum Gasteiger partial charge on any atom is -0.314 e. The van der Waals surface area contributed by atoms with Crippen molar-refractivity contribution in [3.8, 4) is 0 Å². The van der Waals surface area contributed by atoms with Crippen molar-refractivity contribution in [3.63, 3.8) is 0 Å². The number of thiophene rings is 1. The van der Waals surface area contributed by atoms with Crippen LogP contribution in [0.15, 0.2) is 23.6 Å². The SMILES string of the molecule is c1cc2cc3c(cc2s1)CCN1CCNCC31. The van der Waals surface area contributed by atoms with Crippen molar-refractivity contribution in [2.45, 2.75) is 12.5 Å². The van der Waals surface area contributed by atoms with Gasteiger partial charge in [-0.25, -0.2) is 0 Å². The van der Waals surface area contributed by atoms with E-state index in [2.05, 4.69) is 33.8 Å². The van der Waals surface area contributed by atoms with Gasteiger partial charge in [-0.15, -0.1) is 11.3 Å². The molecule has 1 saturated heterocycles. The highest BCUT2D eigenvalue weighted by Crippen LogP contribution is 2.34. The highest BCUT2D eigenvalue weighted by atomic mass is 32.1. The number of piperazine rings is 1. The number of nitrogens with one attached hydrogen (secondary N) is 1. The van der Waals surface area contributed by atoms with Crippen LogP contribution in [0.1, 0.15) is 17.2 Å². The predicted octanol–water partition coefficient (Wildman–Crippen LogP) is 2.40. The average molecular weight is 244 g/mol. The molecular weight excluding hydrogens is 228 g/mol. The van der Waals surface area contributed by atoms with Crippen molar-refractivity contribution in [1.82, 2.24) is 10.2 Å². The summed E-state index contributed by atoms with van der Waals surface area (Å²) < 4.78 is 1.45. The summed E-state index contributed by atoms with van der Waals surface area (Å²) in [5, 5.41) is 7.15. The molecule has 0 bridgehead atoms. The van der Waals surface area contributed by atoms with Gasteiger partial charge in [0.15, 0.2) is 0 Å². The second kappa shape index (κ2) is 3.80. The van der Waals surface area contributed by atoms with E-state index < -0.39 is 0 Å². The van der Waals surface area contributed by atoms with Gasteiger partial charge in [-0.2, -0.15) is 0 Å². The molecule has 0 saturated carbocycles. The normalized spacial score (nSPS) is 24.6. The molecule has 3 heterocycles. The van der Waals surface area contributed by atoms with Crippen LogP contribution in [-0.2, 0) is 6.42 Å². The van der Waals surface area contributed by atoms with Crippen LogP contribution in [0.2, 0.25) is 0 Å². The van der Waals surface area contributed by atoms with Crippen LogP contribution in [0.4, 0.5) is 0 Å². The number of rotatable bonds is 0. The van der Waals surface area contributed by atoms with Gasteiger partial charge in [0.1, 0.15) is 0 Å². The molecular formula is C14H16N2S. The standard InChI is InChI=1S/C14H16N2S/c1-4-16-5-3-15-9-13(16)12-7-11-2-6-17-14(11)8-10(1)12/h2,6-8,13,15H,1,3-5,9H2. The molecule has 2 aliphatic heterocycles. The lowest BCUT2D eigenvalue weighted by atomic mass is 9.90. The van der Waals surface area contributed by atoms with Crippen LogP contribution in [0, 0.1) is 0 Å². The summed E-state index contributed by atoms with van der Waals surface area (Å²) in [4.78, 5) is 2.64. The van der Waals surface area contributed by atoms with Crippen LogP contribution in [0.25, 0.3) is 10.1 Å². The van der Waals surface area contributed by atoms with Crippen molar-refractivity contribution in [1.29, 1.82) is 0 Å². The Bertz CT molecular complexity index is 560. The Morgan fingerprint density at radius 1 is 1.29 bits per heavy atom. The first-order valence-corrected chi connectivity index (χ1v) is 7.24. The van der Waals surface area contributed by atoms with Gasteiger partial charge in [-0.05, 0) is 46.5 Å². The van der Waals surface area contributed by atoms with E-state index in [1.165, 1.54) is 29.6 Å². The van der Waals surface area contributed by atoms with Gasteiger partial charge in [0.2, 0.25) is 0 Å². The van der Waals surface area contributed by atoms with Gasteiger partial charge in [0, 0.05) is 36.9 Å². The Morgan fingerprint density at radius 3 is 3.29 bits per heavy atom. The van der Waals surface area contributed by atoms with Gasteiger partial charge >= 0.3 is 0 Å². The second-order valence-corrected chi connectivity index (χ2v) is 5.96. The third-order valence-electron chi connectivity index (χ3n) is 4.10. The van der Waals surface area contributed by atoms with Crippen molar-refractivity contribution in [2.75, 3.05) is 26.2 Å². The molecule has 0 radical (unpaired) electrons. The van der Waals surface area contributed by atoms with Crippen molar-refractivity contribution < 1.29 is 0 Å². The van der Waals surface area contributed by atoms with Gasteiger partial charge < -0.3 is 5.32 Å². The number of benzene rings is 1. The Balaban J connectivity index is 1.87. The molecule has 2 aromatic rings. The first-order valence-electron chi connectivity index (χ1n) is 6.36. The van der Waals surface area contributed by atoms with Gasteiger partial charge in [0.25, 0.3) is 0 Å². The number of fused-ring (bicyclic) bond motifs is 4. The Kier molecular flexibility index (Phi) is 2.25. The molecule has 17 heavy (non-hydrogen) atoms. The zero-order valence-corrected chi connectivity index (χ0v) is 10.6. The third kappa shape index (κ3) is 1.53. The second-order valence-electron chi connectivity index (χ2n) is 5.02. The zero-order chi connectivity index (χ0) is 11.2. The average Bonchev–Trinajstić information content (AvgIpc) is 2.83. The van der Waals surface area contributed by atoms with E-state index in [1.807, 2.05) is 11.3 Å². The van der Waals surface area contributed by atoms with E-state index in [4.69, 9.17) is 0 Å². The van der Waals surface area contributed by atoms with E-state index >= 15 is 0 Å². The molecule has 1 unspecified atom stereocenters. The van der Waals surface area contributed by atoms with Crippen molar-refractivity contribution in [3.05, 3.63) is 34.7 Å². The van der Waals surface area contributed by atoms with Gasteiger partial charge in [0.05, 0.1) is 0 Å². The van der Waals surface area contributed by atoms with Gasteiger partial charge in [-0.1, -0.05) is 0 Å². The quantitative estimate of drug-likeness (QED) is 0.765. The zero-order valence-electron chi connectivity index (χ0n) is 9.78. The molecule has 88 valence electrons. The minimum atomic E-state index is 0.608. The molecule has 2 nitrogen and oxygen atoms in total. The Labute approximate surface area is 105 Å². The highest BCUT2D eigenvalue weighted by molar-refractivity contribution is 7.17. The molecule has 0 aliphatic carbocycles. The summed E-state index contributed by atoms with van der Waals surface area (Å²) in [5.41, 5.74) is 3.14. The topological polar surface area (TPSA) is 15.3 Å². The molecule has 4 rings (SSSR count). The smallest absolute Gasteiger partial charge is 0.0476 e. The van der Waals surface area contributed by atoms with Gasteiger partial charge in [-0.3, -0.25) is 4.90 Å². The maximum absolute atomic E-state index is 3.53. The molecule has 2 aliphatic rings. The maximum Gasteiger partial charge on any atom is 0.0476 e. The van der Waals surface area contributed by atoms with Crippen molar-refractivity contribution >= 4 is 21.4 Å². The summed E-state index contributed by atoms with van der Waals surface area (Å²) in [6, 6.07) is 7.69. The lowest BCUT2D eigenvalue weighted by Crippen LogP contribution is -2.48. The lowest BCUT2D eigenvalue weighted by molar-refractivity contribution is 0.152. The monoisotopic (exact) mass is 244 g/mol. The summed E-state index contributed by atoms with van der Waals surface area (Å²) >= 11 is 1.86. The van der Waals surface area contributed by atoms with Crippen LogP contribution in [0.5, 0.6) is 0 Å². The first kappa shape index (κ1) is 10.1. The summed E-state index contributed by atoms with van der Waals surface area (Å²) in [7, 11) is 0. The number of hydrogen-bond donors (Lipinski definition) is 1. The molecule has 3 heteroatoms. The fourth-order valence-electron chi connectivity index (χ4n) is 3.18. The highest BCUT2D eigenvalue weighted by Gasteiger charge is 2.29. The molecule has 0 amide bonds. The van der Waals surface area contributed by atoms with Crippen LogP contribution in [-0.4, -0.2) is 31.1 Å². The molecule has 0 spiro atoms. The fourth-order valence-corrected chi connectivity index (χ4v) is 4.02. The summed E-state index contributed by atoms with van der Waals surface area (Å²) in [6.07, 6.45) is 1.22.